The van der Waals surface area contributed by atoms with E-state index in [0.29, 0.717) is 19.3 Å². The van der Waals surface area contributed by atoms with Gasteiger partial charge in [0.25, 0.3) is 0 Å². The van der Waals surface area contributed by atoms with Crippen LogP contribution in [-0.4, -0.2) is 37.2 Å². The third-order valence-corrected chi connectivity index (χ3v) is 13.9. The van der Waals surface area contributed by atoms with Gasteiger partial charge in [-0.25, -0.2) is 0 Å². The van der Waals surface area contributed by atoms with Crippen LogP contribution in [0.15, 0.2) is 0 Å². The first-order valence-corrected chi connectivity index (χ1v) is 30.1. The highest BCUT2D eigenvalue weighted by molar-refractivity contribution is 5.71. The summed E-state index contributed by atoms with van der Waals surface area (Å²) in [5.74, 6) is 1.64. The Labute approximate surface area is 418 Å². The smallest absolute Gasteiger partial charge is 0.306 e. The van der Waals surface area contributed by atoms with Gasteiger partial charge in [0.1, 0.15) is 13.2 Å². The quantitative estimate of drug-likeness (QED) is 0.0343. The molecule has 0 aliphatic carbocycles. The molecule has 0 N–H and O–H groups in total. The van der Waals surface area contributed by atoms with Crippen molar-refractivity contribution in [2.24, 2.45) is 17.8 Å². The maximum absolute atomic E-state index is 12.9. The molecule has 6 heteroatoms. The zero-order valence-electron chi connectivity index (χ0n) is 46.2. The molecule has 0 aromatic carbocycles. The van der Waals surface area contributed by atoms with Crippen LogP contribution in [0.25, 0.3) is 0 Å². The van der Waals surface area contributed by atoms with Crippen LogP contribution in [0.5, 0.6) is 0 Å². The molecule has 0 saturated heterocycles. The zero-order valence-corrected chi connectivity index (χ0v) is 46.2. The van der Waals surface area contributed by atoms with E-state index in [0.717, 1.165) is 75.5 Å². The van der Waals surface area contributed by atoms with E-state index in [1.807, 2.05) is 0 Å². The van der Waals surface area contributed by atoms with Gasteiger partial charge in [0.2, 0.25) is 0 Å². The lowest BCUT2D eigenvalue weighted by molar-refractivity contribution is -0.167. The van der Waals surface area contributed by atoms with Crippen molar-refractivity contribution in [2.75, 3.05) is 13.2 Å². The predicted molar refractivity (Wildman–Crippen MR) is 289 cm³/mol. The Morgan fingerprint density at radius 3 is 0.642 bits per heavy atom. The summed E-state index contributed by atoms with van der Waals surface area (Å²) in [5.41, 5.74) is 0. The molecule has 0 saturated carbocycles. The molecule has 0 bridgehead atoms. The molecule has 0 aliphatic heterocycles. The zero-order chi connectivity index (χ0) is 49.1. The fourth-order valence-electron chi connectivity index (χ4n) is 9.35. The van der Waals surface area contributed by atoms with Crippen molar-refractivity contribution in [3.63, 3.8) is 0 Å². The fourth-order valence-corrected chi connectivity index (χ4v) is 9.35. The van der Waals surface area contributed by atoms with Crippen LogP contribution in [0, 0.1) is 17.8 Å². The normalized spacial score (nSPS) is 12.1. The van der Waals surface area contributed by atoms with Gasteiger partial charge in [-0.05, 0) is 37.0 Å². The van der Waals surface area contributed by atoms with Crippen LogP contribution in [0.3, 0.4) is 0 Å². The molecule has 6 nitrogen and oxygen atoms in total. The summed E-state index contributed by atoms with van der Waals surface area (Å²) >= 11 is 0. The predicted octanol–water partition coefficient (Wildman–Crippen LogP) is 19.9. The SMILES string of the molecule is CC(C)CCCCCCCCCCCCCCCCCCCCC(=O)OC[C@H](COC(=O)CCCCCCCCCC(C)C)OC(=O)CCCCCCCCCCCCCCCCCC(C)C. The Morgan fingerprint density at radius 1 is 0.254 bits per heavy atom. The third-order valence-electron chi connectivity index (χ3n) is 13.9. The first kappa shape index (κ1) is 65.4. The lowest BCUT2D eigenvalue weighted by Gasteiger charge is -2.18. The number of ether oxygens (including phenoxy) is 3. The summed E-state index contributed by atoms with van der Waals surface area (Å²) in [4.78, 5) is 38.1. The molecule has 0 unspecified atom stereocenters. The third kappa shape index (κ3) is 55.2. The Balaban J connectivity index is 4.21. The molecule has 0 fully saturated rings. The van der Waals surface area contributed by atoms with Crippen molar-refractivity contribution >= 4 is 17.9 Å². The van der Waals surface area contributed by atoms with Gasteiger partial charge in [0, 0.05) is 19.3 Å². The maximum atomic E-state index is 12.9. The van der Waals surface area contributed by atoms with Crippen molar-refractivity contribution in [3.05, 3.63) is 0 Å². The van der Waals surface area contributed by atoms with Crippen LogP contribution < -0.4 is 0 Å². The number of hydrogen-bond donors (Lipinski definition) is 0. The van der Waals surface area contributed by atoms with Crippen molar-refractivity contribution in [1.82, 2.24) is 0 Å². The standard InChI is InChI=1S/C61H118O6/c1-55(2)47-41-35-29-24-20-16-12-9-7-8-10-14-18-22-26-32-38-44-50-59(62)65-53-58(54-66-60(63)51-45-39-34-28-31-37-43-49-57(5)6)67-61(64)52-46-40-33-27-23-19-15-11-13-17-21-25-30-36-42-48-56(3)4/h55-58H,7-54H2,1-6H3/t58-/m1/s1. The maximum Gasteiger partial charge on any atom is 0.306 e. The Hall–Kier alpha value is -1.59. The summed E-state index contributed by atoms with van der Waals surface area (Å²) < 4.78 is 16.9. The van der Waals surface area contributed by atoms with E-state index in [4.69, 9.17) is 14.2 Å². The minimum atomic E-state index is -0.764. The minimum absolute atomic E-state index is 0.0637. The molecule has 0 amide bonds. The summed E-state index contributed by atoms with van der Waals surface area (Å²) in [7, 11) is 0. The Bertz CT molecular complexity index is 1040. The molecule has 0 aromatic heterocycles. The highest BCUT2D eigenvalue weighted by Crippen LogP contribution is 2.19. The Kier molecular flexibility index (Phi) is 51.0. The van der Waals surface area contributed by atoms with Gasteiger partial charge in [-0.15, -0.1) is 0 Å². The van der Waals surface area contributed by atoms with Gasteiger partial charge < -0.3 is 14.2 Å². The first-order chi connectivity index (χ1) is 32.6. The molecule has 0 radical (unpaired) electrons. The molecule has 67 heavy (non-hydrogen) atoms. The lowest BCUT2D eigenvalue weighted by atomic mass is 10.0. The van der Waals surface area contributed by atoms with Gasteiger partial charge >= 0.3 is 17.9 Å². The minimum Gasteiger partial charge on any atom is -0.462 e. The molecular weight excluding hydrogens is 829 g/mol. The monoisotopic (exact) mass is 947 g/mol. The van der Waals surface area contributed by atoms with Crippen molar-refractivity contribution < 1.29 is 28.6 Å². The number of carbonyl (C=O) groups is 3. The number of esters is 3. The van der Waals surface area contributed by atoms with Gasteiger partial charge in [-0.2, -0.15) is 0 Å². The molecule has 398 valence electrons. The summed E-state index contributed by atoms with van der Waals surface area (Å²) in [6.07, 6.45) is 55.4. The van der Waals surface area contributed by atoms with Crippen molar-refractivity contribution in [1.29, 1.82) is 0 Å². The van der Waals surface area contributed by atoms with Gasteiger partial charge in [-0.1, -0.05) is 298 Å². The van der Waals surface area contributed by atoms with Gasteiger partial charge in [0.05, 0.1) is 0 Å². The average Bonchev–Trinajstić information content (AvgIpc) is 3.29. The van der Waals surface area contributed by atoms with Gasteiger partial charge in [-0.3, -0.25) is 14.4 Å². The van der Waals surface area contributed by atoms with Crippen LogP contribution in [0.4, 0.5) is 0 Å². The summed E-state index contributed by atoms with van der Waals surface area (Å²) in [5, 5.41) is 0. The van der Waals surface area contributed by atoms with E-state index < -0.39 is 6.10 Å². The van der Waals surface area contributed by atoms with Crippen LogP contribution in [-0.2, 0) is 28.6 Å². The number of unbranched alkanes of at least 4 members (excludes halogenated alkanes) is 37. The van der Waals surface area contributed by atoms with E-state index >= 15 is 0 Å². The summed E-state index contributed by atoms with van der Waals surface area (Å²) in [6, 6.07) is 0. The molecule has 1 atom stereocenters. The van der Waals surface area contributed by atoms with Crippen LogP contribution in [0.1, 0.15) is 337 Å². The molecule has 0 rings (SSSR count). The van der Waals surface area contributed by atoms with E-state index in [1.165, 1.54) is 218 Å². The second-order valence-electron chi connectivity index (χ2n) is 22.4. The van der Waals surface area contributed by atoms with E-state index in [1.54, 1.807) is 0 Å². The second-order valence-corrected chi connectivity index (χ2v) is 22.4. The molecule has 0 aliphatic rings. The van der Waals surface area contributed by atoms with E-state index in [2.05, 4.69) is 41.5 Å². The highest BCUT2D eigenvalue weighted by Gasteiger charge is 2.19. The number of rotatable bonds is 54. The Morgan fingerprint density at radius 2 is 0.433 bits per heavy atom. The van der Waals surface area contributed by atoms with Crippen LogP contribution in [0.2, 0.25) is 0 Å². The van der Waals surface area contributed by atoms with E-state index in [9.17, 15) is 14.4 Å². The second kappa shape index (κ2) is 52.2. The largest absolute Gasteiger partial charge is 0.462 e. The fraction of sp³-hybridized carbons (Fsp3) is 0.951. The molecule has 0 spiro atoms. The topological polar surface area (TPSA) is 78.9 Å². The highest BCUT2D eigenvalue weighted by atomic mass is 16.6. The molecular formula is C61H118O6. The molecule has 0 aromatic rings. The molecule has 0 heterocycles. The lowest BCUT2D eigenvalue weighted by Crippen LogP contribution is -2.30. The number of carbonyl (C=O) groups excluding carboxylic acids is 3. The van der Waals surface area contributed by atoms with Gasteiger partial charge in [0.15, 0.2) is 6.10 Å². The van der Waals surface area contributed by atoms with E-state index in [-0.39, 0.29) is 31.1 Å². The number of hydrogen-bond acceptors (Lipinski definition) is 6. The van der Waals surface area contributed by atoms with Crippen LogP contribution >= 0.6 is 0 Å². The first-order valence-electron chi connectivity index (χ1n) is 30.1. The van der Waals surface area contributed by atoms with Crippen molar-refractivity contribution in [3.8, 4) is 0 Å². The van der Waals surface area contributed by atoms with Crippen molar-refractivity contribution in [2.45, 2.75) is 343 Å². The summed E-state index contributed by atoms with van der Waals surface area (Å²) in [6.45, 7) is 13.7. The average molecular weight is 948 g/mol.